The van der Waals surface area contributed by atoms with Crippen LogP contribution in [0.3, 0.4) is 0 Å². The van der Waals surface area contributed by atoms with E-state index in [1.54, 1.807) is 0 Å². The number of esters is 1. The summed E-state index contributed by atoms with van der Waals surface area (Å²) in [4.78, 5) is 15.4. The Balaban J connectivity index is 1.65. The number of benzene rings is 3. The van der Waals surface area contributed by atoms with Crippen molar-refractivity contribution in [1.29, 1.82) is 0 Å². The van der Waals surface area contributed by atoms with Crippen LogP contribution in [0.15, 0.2) is 78.9 Å². The lowest BCUT2D eigenvalue weighted by Crippen LogP contribution is -2.03. The van der Waals surface area contributed by atoms with Crippen molar-refractivity contribution in [2.45, 2.75) is 6.61 Å². The fourth-order valence-corrected chi connectivity index (χ4v) is 3.16. The molecule has 1 N–H and O–H groups in total. The van der Waals surface area contributed by atoms with Crippen LogP contribution in [-0.4, -0.2) is 18.1 Å². The van der Waals surface area contributed by atoms with Gasteiger partial charge in [0.25, 0.3) is 0 Å². The Labute approximate surface area is 157 Å². The van der Waals surface area contributed by atoms with E-state index in [-0.39, 0.29) is 5.97 Å². The van der Waals surface area contributed by atoms with Crippen LogP contribution >= 0.6 is 0 Å². The fraction of sp³-hybridized carbons (Fsp3) is 0.0870. The summed E-state index contributed by atoms with van der Waals surface area (Å²) in [6.45, 7) is 0.515. The van der Waals surface area contributed by atoms with Crippen molar-refractivity contribution in [1.82, 2.24) is 4.98 Å². The summed E-state index contributed by atoms with van der Waals surface area (Å²) in [6.07, 6.45) is 0. The second-order valence-corrected chi connectivity index (χ2v) is 6.21. The molecule has 3 aromatic carbocycles. The molecule has 0 radical (unpaired) electrons. The molecule has 4 nitrogen and oxygen atoms in total. The van der Waals surface area contributed by atoms with E-state index in [1.807, 2.05) is 78.9 Å². The maximum atomic E-state index is 12.2. The number of rotatable bonds is 5. The molecule has 0 saturated heterocycles. The van der Waals surface area contributed by atoms with Crippen LogP contribution in [0.1, 0.15) is 16.1 Å². The molecular weight excluding hydrogens is 338 g/mol. The van der Waals surface area contributed by atoms with Crippen molar-refractivity contribution >= 4 is 16.9 Å². The number of carbonyl (C=O) groups excluding carboxylic acids is 1. The van der Waals surface area contributed by atoms with E-state index in [0.29, 0.717) is 12.3 Å². The fourth-order valence-electron chi connectivity index (χ4n) is 3.16. The van der Waals surface area contributed by atoms with E-state index in [4.69, 9.17) is 9.47 Å². The predicted octanol–water partition coefficient (Wildman–Crippen LogP) is 5.20. The standard InChI is InChI=1S/C23H19NO3/c1-26-23(25)22-21(19-9-5-6-10-20(19)24-22)17-11-13-18(14-12-17)27-15-16-7-3-2-4-8-16/h2-14,24H,15H2,1H3. The zero-order valence-electron chi connectivity index (χ0n) is 14.9. The number of H-pyrrole nitrogens is 1. The van der Waals surface area contributed by atoms with Gasteiger partial charge in [-0.15, -0.1) is 0 Å². The topological polar surface area (TPSA) is 51.3 Å². The number of hydrogen-bond donors (Lipinski definition) is 1. The summed E-state index contributed by atoms with van der Waals surface area (Å²) < 4.78 is 10.8. The van der Waals surface area contributed by atoms with Gasteiger partial charge in [0.15, 0.2) is 0 Å². The highest BCUT2D eigenvalue weighted by atomic mass is 16.5. The van der Waals surface area contributed by atoms with Gasteiger partial charge in [-0.1, -0.05) is 60.7 Å². The molecule has 0 unspecified atom stereocenters. The van der Waals surface area contributed by atoms with Gasteiger partial charge in [-0.2, -0.15) is 0 Å². The van der Waals surface area contributed by atoms with Gasteiger partial charge < -0.3 is 14.5 Å². The van der Waals surface area contributed by atoms with Crippen LogP contribution in [0, 0.1) is 0 Å². The van der Waals surface area contributed by atoms with Crippen LogP contribution in [0.4, 0.5) is 0 Å². The number of aromatic nitrogens is 1. The smallest absolute Gasteiger partial charge is 0.355 e. The van der Waals surface area contributed by atoms with E-state index in [9.17, 15) is 4.79 Å². The number of hydrogen-bond acceptors (Lipinski definition) is 3. The first-order valence-electron chi connectivity index (χ1n) is 8.72. The first kappa shape index (κ1) is 16.9. The second-order valence-electron chi connectivity index (χ2n) is 6.21. The lowest BCUT2D eigenvalue weighted by molar-refractivity contribution is 0.0596. The van der Waals surface area contributed by atoms with Gasteiger partial charge >= 0.3 is 5.97 Å². The van der Waals surface area contributed by atoms with Gasteiger partial charge in [0.05, 0.1) is 7.11 Å². The Hall–Kier alpha value is -3.53. The minimum Gasteiger partial charge on any atom is -0.489 e. The quantitative estimate of drug-likeness (QED) is 0.499. The third kappa shape index (κ3) is 3.42. The summed E-state index contributed by atoms with van der Waals surface area (Å²) in [5.74, 6) is 0.396. The minimum absolute atomic E-state index is 0.384. The molecule has 1 aromatic heterocycles. The summed E-state index contributed by atoms with van der Waals surface area (Å²) in [6, 6.07) is 25.6. The Kier molecular flexibility index (Phi) is 4.62. The highest BCUT2D eigenvalue weighted by Gasteiger charge is 2.19. The number of aromatic amines is 1. The molecule has 4 heteroatoms. The number of para-hydroxylation sites is 1. The Morgan fingerprint density at radius 3 is 2.33 bits per heavy atom. The van der Waals surface area contributed by atoms with Crippen LogP contribution in [0.2, 0.25) is 0 Å². The van der Waals surface area contributed by atoms with E-state index < -0.39 is 0 Å². The molecule has 0 aliphatic heterocycles. The van der Waals surface area contributed by atoms with E-state index >= 15 is 0 Å². The van der Waals surface area contributed by atoms with Gasteiger partial charge in [-0.25, -0.2) is 4.79 Å². The van der Waals surface area contributed by atoms with Crippen molar-refractivity contribution in [3.05, 3.63) is 90.1 Å². The molecule has 0 spiro atoms. The van der Waals surface area contributed by atoms with Crippen molar-refractivity contribution in [3.63, 3.8) is 0 Å². The van der Waals surface area contributed by atoms with Crippen molar-refractivity contribution in [3.8, 4) is 16.9 Å². The lowest BCUT2D eigenvalue weighted by Gasteiger charge is -2.08. The summed E-state index contributed by atoms with van der Waals surface area (Å²) in [5.41, 5.74) is 4.24. The number of ether oxygens (including phenoxy) is 2. The van der Waals surface area contributed by atoms with Gasteiger partial charge in [0, 0.05) is 16.5 Å². The zero-order chi connectivity index (χ0) is 18.6. The Bertz CT molecular complexity index is 1070. The van der Waals surface area contributed by atoms with Gasteiger partial charge in [-0.05, 0) is 29.3 Å². The molecule has 0 aliphatic rings. The highest BCUT2D eigenvalue weighted by molar-refractivity contribution is 6.07. The van der Waals surface area contributed by atoms with Crippen LogP contribution in [-0.2, 0) is 11.3 Å². The molecule has 0 aliphatic carbocycles. The Morgan fingerprint density at radius 1 is 0.889 bits per heavy atom. The first-order chi connectivity index (χ1) is 13.3. The highest BCUT2D eigenvalue weighted by Crippen LogP contribution is 2.33. The largest absolute Gasteiger partial charge is 0.489 e. The monoisotopic (exact) mass is 357 g/mol. The summed E-state index contributed by atoms with van der Waals surface area (Å²) in [5, 5.41) is 0.982. The molecule has 4 aromatic rings. The molecule has 0 fully saturated rings. The maximum absolute atomic E-state index is 12.2. The molecular formula is C23H19NO3. The van der Waals surface area contributed by atoms with Gasteiger partial charge in [0.1, 0.15) is 18.1 Å². The average Bonchev–Trinajstić information content (AvgIpc) is 3.12. The molecule has 0 saturated carbocycles. The number of nitrogens with one attached hydrogen (secondary N) is 1. The molecule has 0 atom stereocenters. The predicted molar refractivity (Wildman–Crippen MR) is 106 cm³/mol. The minimum atomic E-state index is -0.384. The SMILES string of the molecule is COC(=O)c1[nH]c2ccccc2c1-c1ccc(OCc2ccccc2)cc1. The van der Waals surface area contributed by atoms with Crippen molar-refractivity contribution in [2.24, 2.45) is 0 Å². The number of fused-ring (bicyclic) bond motifs is 1. The third-order valence-electron chi connectivity index (χ3n) is 4.49. The zero-order valence-corrected chi connectivity index (χ0v) is 14.9. The van der Waals surface area contributed by atoms with Crippen molar-refractivity contribution in [2.75, 3.05) is 7.11 Å². The molecule has 134 valence electrons. The number of methoxy groups -OCH3 is 1. The molecule has 4 rings (SSSR count). The Morgan fingerprint density at radius 2 is 1.59 bits per heavy atom. The van der Waals surface area contributed by atoms with E-state index in [1.165, 1.54) is 7.11 Å². The van der Waals surface area contributed by atoms with Crippen LogP contribution in [0.25, 0.3) is 22.0 Å². The summed E-state index contributed by atoms with van der Waals surface area (Å²) in [7, 11) is 1.39. The van der Waals surface area contributed by atoms with Crippen LogP contribution < -0.4 is 4.74 Å². The third-order valence-corrected chi connectivity index (χ3v) is 4.49. The lowest BCUT2D eigenvalue weighted by atomic mass is 10.0. The maximum Gasteiger partial charge on any atom is 0.355 e. The van der Waals surface area contributed by atoms with Crippen LogP contribution in [0.5, 0.6) is 5.75 Å². The normalized spacial score (nSPS) is 10.7. The summed E-state index contributed by atoms with van der Waals surface area (Å²) >= 11 is 0. The second kappa shape index (κ2) is 7.38. The van der Waals surface area contributed by atoms with E-state index in [2.05, 4.69) is 4.98 Å². The average molecular weight is 357 g/mol. The van der Waals surface area contributed by atoms with Crippen molar-refractivity contribution < 1.29 is 14.3 Å². The molecule has 0 bridgehead atoms. The number of carbonyl (C=O) groups is 1. The van der Waals surface area contributed by atoms with Gasteiger partial charge in [0.2, 0.25) is 0 Å². The molecule has 1 heterocycles. The van der Waals surface area contributed by atoms with E-state index in [0.717, 1.165) is 33.3 Å². The van der Waals surface area contributed by atoms with Gasteiger partial charge in [-0.3, -0.25) is 0 Å². The molecule has 0 amide bonds. The first-order valence-corrected chi connectivity index (χ1v) is 8.72. The molecule has 27 heavy (non-hydrogen) atoms.